The summed E-state index contributed by atoms with van der Waals surface area (Å²) in [5.74, 6) is 3.30. The second kappa shape index (κ2) is 14.2. The lowest BCUT2D eigenvalue weighted by molar-refractivity contribution is 0.143. The molecular weight excluding hydrogens is 529 g/mol. The molecule has 2 saturated heterocycles. The zero-order valence-corrected chi connectivity index (χ0v) is 23.4. The number of piperidine rings is 1. The van der Waals surface area contributed by atoms with Crippen LogP contribution in [0, 0.1) is 5.92 Å². The highest BCUT2D eigenvalue weighted by molar-refractivity contribution is 14.0. The molecule has 2 unspecified atom stereocenters. The van der Waals surface area contributed by atoms with Gasteiger partial charge in [0.1, 0.15) is 11.5 Å². The van der Waals surface area contributed by atoms with Crippen LogP contribution in [0.3, 0.4) is 0 Å². The third kappa shape index (κ3) is 8.79. The van der Waals surface area contributed by atoms with Gasteiger partial charge in [-0.25, -0.2) is 0 Å². The number of methoxy groups -OCH3 is 2. The standard InChI is InChI=1S/C25H43N5O2.HI/c1-6-26-25(27-15-20-8-7-10-30(17-20)19(2)3)28-22-9-11-29(18-22)16-21-12-23(31-4)14-24(13-21)32-5;/h12-14,19-20,22H,6-11,15-18H2,1-5H3,(H2,26,27,28);1H. The van der Waals surface area contributed by atoms with Gasteiger partial charge in [0.15, 0.2) is 5.96 Å². The van der Waals surface area contributed by atoms with Gasteiger partial charge in [-0.2, -0.15) is 0 Å². The number of rotatable bonds is 9. The minimum Gasteiger partial charge on any atom is -0.497 e. The molecule has 1 aromatic carbocycles. The Bertz CT molecular complexity index is 723. The van der Waals surface area contributed by atoms with Crippen LogP contribution >= 0.6 is 24.0 Å². The van der Waals surface area contributed by atoms with Crippen LogP contribution < -0.4 is 20.1 Å². The fraction of sp³-hybridized carbons (Fsp3) is 0.720. The van der Waals surface area contributed by atoms with Gasteiger partial charge < -0.3 is 25.0 Å². The molecule has 3 rings (SSSR count). The van der Waals surface area contributed by atoms with Gasteiger partial charge in [-0.1, -0.05) is 0 Å². The van der Waals surface area contributed by atoms with E-state index in [4.69, 9.17) is 14.5 Å². The van der Waals surface area contributed by atoms with Crippen LogP contribution in [0.25, 0.3) is 0 Å². The number of aliphatic imine (C=N–C) groups is 1. The van der Waals surface area contributed by atoms with Crippen molar-refractivity contribution >= 4 is 29.9 Å². The molecule has 0 amide bonds. The predicted molar refractivity (Wildman–Crippen MR) is 147 cm³/mol. The van der Waals surface area contributed by atoms with E-state index in [0.29, 0.717) is 18.0 Å². The van der Waals surface area contributed by atoms with E-state index in [1.54, 1.807) is 14.2 Å². The van der Waals surface area contributed by atoms with Crippen molar-refractivity contribution in [2.75, 3.05) is 53.5 Å². The van der Waals surface area contributed by atoms with E-state index in [0.717, 1.165) is 56.6 Å². The molecule has 0 bridgehead atoms. The maximum Gasteiger partial charge on any atom is 0.191 e. The molecule has 2 atom stereocenters. The van der Waals surface area contributed by atoms with E-state index in [1.807, 2.05) is 6.07 Å². The average molecular weight is 574 g/mol. The van der Waals surface area contributed by atoms with Gasteiger partial charge in [0.2, 0.25) is 0 Å². The average Bonchev–Trinajstić information content (AvgIpc) is 3.24. The molecule has 0 aliphatic carbocycles. The number of nitrogens with one attached hydrogen (secondary N) is 2. The fourth-order valence-electron chi connectivity index (χ4n) is 4.76. The summed E-state index contributed by atoms with van der Waals surface area (Å²) in [4.78, 5) is 10.0. The topological polar surface area (TPSA) is 61.4 Å². The van der Waals surface area contributed by atoms with Crippen LogP contribution in [0.1, 0.15) is 45.6 Å². The normalized spacial score (nSPS) is 22.2. The van der Waals surface area contributed by atoms with E-state index in [-0.39, 0.29) is 24.0 Å². The number of benzene rings is 1. The third-order valence-corrected chi connectivity index (χ3v) is 6.56. The van der Waals surface area contributed by atoms with Crippen LogP contribution in [0.4, 0.5) is 0 Å². The molecule has 0 saturated carbocycles. The minimum absolute atomic E-state index is 0. The van der Waals surface area contributed by atoms with Crippen molar-refractivity contribution in [1.82, 2.24) is 20.4 Å². The van der Waals surface area contributed by atoms with E-state index in [1.165, 1.54) is 31.5 Å². The molecular formula is C25H44IN5O2. The van der Waals surface area contributed by atoms with Crippen molar-refractivity contribution in [1.29, 1.82) is 0 Å². The molecule has 0 radical (unpaired) electrons. The smallest absolute Gasteiger partial charge is 0.191 e. The van der Waals surface area contributed by atoms with Gasteiger partial charge in [0.05, 0.1) is 14.2 Å². The van der Waals surface area contributed by atoms with Gasteiger partial charge in [-0.3, -0.25) is 9.89 Å². The van der Waals surface area contributed by atoms with E-state index < -0.39 is 0 Å². The lowest BCUT2D eigenvalue weighted by Gasteiger charge is -2.35. The molecule has 2 aliphatic rings. The Labute approximate surface area is 217 Å². The second-order valence-electron chi connectivity index (χ2n) is 9.40. The van der Waals surface area contributed by atoms with Crippen molar-refractivity contribution < 1.29 is 9.47 Å². The van der Waals surface area contributed by atoms with Crippen molar-refractivity contribution in [3.05, 3.63) is 23.8 Å². The van der Waals surface area contributed by atoms with Crippen molar-refractivity contribution in [3.8, 4) is 11.5 Å². The summed E-state index contributed by atoms with van der Waals surface area (Å²) in [6, 6.07) is 7.16. The Morgan fingerprint density at radius 1 is 1.09 bits per heavy atom. The number of ether oxygens (including phenoxy) is 2. The summed E-state index contributed by atoms with van der Waals surface area (Å²) in [6.07, 6.45) is 3.69. The van der Waals surface area contributed by atoms with Gasteiger partial charge in [-0.15, -0.1) is 24.0 Å². The maximum absolute atomic E-state index is 5.42. The first-order valence-corrected chi connectivity index (χ1v) is 12.2. The molecule has 8 heteroatoms. The summed E-state index contributed by atoms with van der Waals surface area (Å²) in [7, 11) is 3.40. The van der Waals surface area contributed by atoms with Gasteiger partial charge in [0.25, 0.3) is 0 Å². The van der Waals surface area contributed by atoms with E-state index in [2.05, 4.69) is 53.3 Å². The largest absolute Gasteiger partial charge is 0.497 e. The number of hydrogen-bond donors (Lipinski definition) is 2. The number of nitrogens with zero attached hydrogens (tertiary/aromatic N) is 3. The van der Waals surface area contributed by atoms with Crippen molar-refractivity contribution in [3.63, 3.8) is 0 Å². The maximum atomic E-state index is 5.42. The Hall–Kier alpha value is -1.26. The molecule has 2 aliphatic heterocycles. The van der Waals surface area contributed by atoms with Crippen LogP contribution in [0.15, 0.2) is 23.2 Å². The molecule has 7 nitrogen and oxygen atoms in total. The number of halogens is 1. The highest BCUT2D eigenvalue weighted by atomic mass is 127. The zero-order valence-electron chi connectivity index (χ0n) is 21.1. The van der Waals surface area contributed by atoms with Crippen LogP contribution in [0.2, 0.25) is 0 Å². The highest BCUT2D eigenvalue weighted by Crippen LogP contribution is 2.24. The summed E-state index contributed by atoms with van der Waals surface area (Å²) in [6.45, 7) is 13.9. The quantitative estimate of drug-likeness (QED) is 0.268. The SMILES string of the molecule is CCNC(=NCC1CCCN(C(C)C)C1)NC1CCN(Cc2cc(OC)cc(OC)c2)C1.I. The first-order chi connectivity index (χ1) is 15.5. The number of hydrogen-bond acceptors (Lipinski definition) is 5. The monoisotopic (exact) mass is 573 g/mol. The highest BCUT2D eigenvalue weighted by Gasteiger charge is 2.25. The van der Waals surface area contributed by atoms with E-state index >= 15 is 0 Å². The van der Waals surface area contributed by atoms with Gasteiger partial charge >= 0.3 is 0 Å². The molecule has 1 aromatic rings. The molecule has 0 spiro atoms. The molecule has 188 valence electrons. The summed E-state index contributed by atoms with van der Waals surface area (Å²) in [5, 5.41) is 7.14. The molecule has 0 aromatic heterocycles. The Kier molecular flexibility index (Phi) is 12.0. The number of guanidine groups is 1. The third-order valence-electron chi connectivity index (χ3n) is 6.56. The van der Waals surface area contributed by atoms with Crippen LogP contribution in [0.5, 0.6) is 11.5 Å². The van der Waals surface area contributed by atoms with Crippen LogP contribution in [-0.4, -0.2) is 81.3 Å². The Morgan fingerprint density at radius 2 is 1.82 bits per heavy atom. The predicted octanol–water partition coefficient (Wildman–Crippen LogP) is 3.57. The second-order valence-corrected chi connectivity index (χ2v) is 9.40. The fourth-order valence-corrected chi connectivity index (χ4v) is 4.76. The first-order valence-electron chi connectivity index (χ1n) is 12.2. The summed E-state index contributed by atoms with van der Waals surface area (Å²) < 4.78 is 10.8. The summed E-state index contributed by atoms with van der Waals surface area (Å²) in [5.41, 5.74) is 1.22. The minimum atomic E-state index is 0. The van der Waals surface area contributed by atoms with Gasteiger partial charge in [-0.05, 0) is 70.2 Å². The zero-order chi connectivity index (χ0) is 22.9. The molecule has 2 N–H and O–H groups in total. The van der Waals surface area contributed by atoms with Crippen LogP contribution in [-0.2, 0) is 6.54 Å². The van der Waals surface area contributed by atoms with E-state index in [9.17, 15) is 0 Å². The van der Waals surface area contributed by atoms with Crippen molar-refractivity contribution in [2.45, 2.75) is 58.7 Å². The molecule has 33 heavy (non-hydrogen) atoms. The Morgan fingerprint density at radius 3 is 2.45 bits per heavy atom. The Balaban J connectivity index is 0.00000385. The molecule has 2 heterocycles. The summed E-state index contributed by atoms with van der Waals surface area (Å²) >= 11 is 0. The van der Waals surface area contributed by atoms with Gasteiger partial charge in [0, 0.05) is 57.4 Å². The van der Waals surface area contributed by atoms with Crippen molar-refractivity contribution in [2.24, 2.45) is 10.9 Å². The molecule has 2 fully saturated rings. The first kappa shape index (κ1) is 28.0. The lowest BCUT2D eigenvalue weighted by Crippen LogP contribution is -2.45. The lowest BCUT2D eigenvalue weighted by atomic mass is 9.97. The number of likely N-dealkylation sites (tertiary alicyclic amines) is 2.